The number of carbonyl (C=O) groups is 1. The van der Waals surface area contributed by atoms with Crippen molar-refractivity contribution in [2.45, 2.75) is 26.4 Å². The average molecular weight is 327 g/mol. The molecule has 5 heteroatoms. The highest BCUT2D eigenvalue weighted by molar-refractivity contribution is 6.00. The Kier molecular flexibility index (Phi) is 4.34. The summed E-state index contributed by atoms with van der Waals surface area (Å²) in [6.07, 6.45) is -0.182. The number of amides is 1. The Hall–Kier alpha value is -2.69. The fraction of sp³-hybridized carbons (Fsp3) is 0.316. The maximum absolute atomic E-state index is 12.8. The Balaban J connectivity index is 1.94. The summed E-state index contributed by atoms with van der Waals surface area (Å²) in [5.74, 6) is 1.35. The van der Waals surface area contributed by atoms with Crippen LogP contribution in [0.4, 0.5) is 5.69 Å². The first-order valence-electron chi connectivity index (χ1n) is 7.98. The molecule has 1 amide bonds. The molecular formula is C19H21NO4. The fourth-order valence-corrected chi connectivity index (χ4v) is 3.03. The van der Waals surface area contributed by atoms with Crippen molar-refractivity contribution in [3.05, 3.63) is 47.5 Å². The molecule has 0 bridgehead atoms. The second-order valence-electron chi connectivity index (χ2n) is 5.86. The number of rotatable bonds is 4. The molecule has 1 N–H and O–H groups in total. The Morgan fingerprint density at radius 2 is 2.04 bits per heavy atom. The monoisotopic (exact) mass is 327 g/mol. The molecule has 0 spiro atoms. The van der Waals surface area contributed by atoms with Crippen LogP contribution in [0.3, 0.4) is 0 Å². The zero-order valence-electron chi connectivity index (χ0n) is 14.1. The minimum atomic E-state index is -0.613. The van der Waals surface area contributed by atoms with Crippen LogP contribution in [-0.2, 0) is 11.2 Å². The summed E-state index contributed by atoms with van der Waals surface area (Å²) in [5.41, 5.74) is 2.65. The largest absolute Gasteiger partial charge is 0.508 e. The Labute approximate surface area is 141 Å². The number of aromatic hydroxyl groups is 1. The highest BCUT2D eigenvalue weighted by atomic mass is 16.5. The number of anilines is 1. The molecule has 1 unspecified atom stereocenters. The van der Waals surface area contributed by atoms with Crippen molar-refractivity contribution < 1.29 is 19.4 Å². The third-order valence-corrected chi connectivity index (χ3v) is 4.20. The smallest absolute Gasteiger partial charge is 0.268 e. The van der Waals surface area contributed by atoms with E-state index in [-0.39, 0.29) is 11.7 Å². The van der Waals surface area contributed by atoms with E-state index in [1.165, 1.54) is 0 Å². The molecular weight excluding hydrogens is 306 g/mol. The molecule has 0 aromatic heterocycles. The maximum Gasteiger partial charge on any atom is 0.268 e. The summed E-state index contributed by atoms with van der Waals surface area (Å²) in [6.45, 7) is 4.42. The summed E-state index contributed by atoms with van der Waals surface area (Å²) in [7, 11) is 1.62. The van der Waals surface area contributed by atoms with Crippen molar-refractivity contribution in [1.82, 2.24) is 0 Å². The van der Waals surface area contributed by atoms with E-state index in [0.717, 1.165) is 16.9 Å². The second kappa shape index (κ2) is 6.43. The van der Waals surface area contributed by atoms with Crippen LogP contribution in [0.1, 0.15) is 18.1 Å². The van der Waals surface area contributed by atoms with Crippen LogP contribution in [0.5, 0.6) is 17.2 Å². The van der Waals surface area contributed by atoms with Gasteiger partial charge in [0.2, 0.25) is 0 Å². The normalized spacial score (nSPS) is 16.5. The van der Waals surface area contributed by atoms with Gasteiger partial charge in [-0.15, -0.1) is 0 Å². The third kappa shape index (κ3) is 2.89. The van der Waals surface area contributed by atoms with Gasteiger partial charge in [0, 0.05) is 19.0 Å². The first-order valence-corrected chi connectivity index (χ1v) is 7.98. The lowest BCUT2D eigenvalue weighted by Crippen LogP contribution is -2.46. The topological polar surface area (TPSA) is 59.0 Å². The number of methoxy groups -OCH3 is 1. The number of fused-ring (bicyclic) bond motifs is 1. The molecule has 5 nitrogen and oxygen atoms in total. The number of ether oxygens (including phenoxy) is 2. The second-order valence-corrected chi connectivity index (χ2v) is 5.86. The molecule has 0 saturated carbocycles. The van der Waals surface area contributed by atoms with E-state index >= 15 is 0 Å². The van der Waals surface area contributed by atoms with Gasteiger partial charge in [0.25, 0.3) is 5.91 Å². The Morgan fingerprint density at radius 3 is 2.75 bits per heavy atom. The molecule has 2 aromatic carbocycles. The Bertz CT molecular complexity index is 772. The summed E-state index contributed by atoms with van der Waals surface area (Å²) in [6, 6.07) is 10.7. The van der Waals surface area contributed by atoms with Crippen molar-refractivity contribution in [1.29, 1.82) is 0 Å². The molecule has 24 heavy (non-hydrogen) atoms. The minimum absolute atomic E-state index is 0.112. The molecule has 0 radical (unpaired) electrons. The van der Waals surface area contributed by atoms with Gasteiger partial charge in [0.05, 0.1) is 12.8 Å². The minimum Gasteiger partial charge on any atom is -0.508 e. The molecule has 1 atom stereocenters. The van der Waals surface area contributed by atoms with Crippen molar-refractivity contribution >= 4 is 11.6 Å². The SMILES string of the molecule is CCN1C(=O)C(Cc2cc(C)ccc2OC)Oc2ccc(O)cc21. The van der Waals surface area contributed by atoms with Crippen molar-refractivity contribution in [3.63, 3.8) is 0 Å². The van der Waals surface area contributed by atoms with Gasteiger partial charge in [-0.25, -0.2) is 0 Å². The van der Waals surface area contributed by atoms with Crippen LogP contribution in [0.2, 0.25) is 0 Å². The molecule has 0 fully saturated rings. The number of phenolic OH excluding ortho intramolecular Hbond substituents is 1. The third-order valence-electron chi connectivity index (χ3n) is 4.20. The number of benzene rings is 2. The highest BCUT2D eigenvalue weighted by Crippen LogP contribution is 2.37. The molecule has 2 aromatic rings. The number of aryl methyl sites for hydroxylation is 1. The number of hydrogen-bond acceptors (Lipinski definition) is 4. The van der Waals surface area contributed by atoms with Gasteiger partial charge in [-0.1, -0.05) is 17.7 Å². The van der Waals surface area contributed by atoms with Gasteiger partial charge in [0.1, 0.15) is 17.2 Å². The molecule has 126 valence electrons. The van der Waals surface area contributed by atoms with Gasteiger partial charge in [-0.2, -0.15) is 0 Å². The van der Waals surface area contributed by atoms with Crippen molar-refractivity contribution in [2.24, 2.45) is 0 Å². The lowest BCUT2D eigenvalue weighted by molar-refractivity contribution is -0.126. The highest BCUT2D eigenvalue weighted by Gasteiger charge is 2.34. The first-order chi connectivity index (χ1) is 11.5. The van der Waals surface area contributed by atoms with Crippen LogP contribution in [0.25, 0.3) is 0 Å². The van der Waals surface area contributed by atoms with Crippen molar-refractivity contribution in [3.8, 4) is 17.2 Å². The average Bonchev–Trinajstić information content (AvgIpc) is 2.56. The Morgan fingerprint density at radius 1 is 1.25 bits per heavy atom. The molecule has 3 rings (SSSR count). The quantitative estimate of drug-likeness (QED) is 0.937. The molecule has 1 aliphatic rings. The first kappa shape index (κ1) is 16.2. The van der Waals surface area contributed by atoms with Gasteiger partial charge in [-0.05, 0) is 37.6 Å². The number of hydrogen-bond donors (Lipinski definition) is 1. The van der Waals surface area contributed by atoms with E-state index in [2.05, 4.69) is 0 Å². The van der Waals surface area contributed by atoms with Crippen LogP contribution < -0.4 is 14.4 Å². The summed E-state index contributed by atoms with van der Waals surface area (Å²) in [5, 5.41) is 9.68. The van der Waals surface area contributed by atoms with E-state index in [9.17, 15) is 9.90 Å². The van der Waals surface area contributed by atoms with E-state index in [0.29, 0.717) is 24.4 Å². The maximum atomic E-state index is 12.8. The van der Waals surface area contributed by atoms with Crippen molar-refractivity contribution in [2.75, 3.05) is 18.6 Å². The zero-order valence-corrected chi connectivity index (χ0v) is 14.1. The van der Waals surface area contributed by atoms with E-state index in [4.69, 9.17) is 9.47 Å². The predicted octanol–water partition coefficient (Wildman–Crippen LogP) is 3.07. The molecule has 0 saturated heterocycles. The standard InChI is InChI=1S/C19H21NO4/c1-4-20-15-11-14(21)6-8-17(15)24-18(19(20)22)10-13-9-12(2)5-7-16(13)23-3/h5-9,11,18,21H,4,10H2,1-3H3. The van der Waals surface area contributed by atoms with Crippen LogP contribution in [-0.4, -0.2) is 30.8 Å². The van der Waals surface area contributed by atoms with Gasteiger partial charge >= 0.3 is 0 Å². The number of nitrogens with zero attached hydrogens (tertiary/aromatic N) is 1. The summed E-state index contributed by atoms with van der Waals surface area (Å²) < 4.78 is 11.3. The van der Waals surface area contributed by atoms with Gasteiger partial charge in [-0.3, -0.25) is 4.79 Å². The zero-order chi connectivity index (χ0) is 17.3. The fourth-order valence-electron chi connectivity index (χ4n) is 3.03. The van der Waals surface area contributed by atoms with E-state index in [1.54, 1.807) is 30.2 Å². The van der Waals surface area contributed by atoms with Crippen LogP contribution in [0.15, 0.2) is 36.4 Å². The molecule has 1 aliphatic heterocycles. The number of phenols is 1. The summed E-state index contributed by atoms with van der Waals surface area (Å²) in [4.78, 5) is 14.4. The summed E-state index contributed by atoms with van der Waals surface area (Å²) >= 11 is 0. The van der Waals surface area contributed by atoms with Crippen LogP contribution in [0, 0.1) is 6.92 Å². The van der Waals surface area contributed by atoms with E-state index < -0.39 is 6.10 Å². The number of likely N-dealkylation sites (N-methyl/N-ethyl adjacent to an activating group) is 1. The van der Waals surface area contributed by atoms with Gasteiger partial charge in [0.15, 0.2) is 6.10 Å². The van der Waals surface area contributed by atoms with Crippen LogP contribution >= 0.6 is 0 Å². The number of carbonyl (C=O) groups excluding carboxylic acids is 1. The predicted molar refractivity (Wildman–Crippen MR) is 92.0 cm³/mol. The lowest BCUT2D eigenvalue weighted by atomic mass is 10.0. The van der Waals surface area contributed by atoms with E-state index in [1.807, 2.05) is 32.0 Å². The lowest BCUT2D eigenvalue weighted by Gasteiger charge is -2.34. The van der Waals surface area contributed by atoms with Gasteiger partial charge < -0.3 is 19.5 Å². The molecule has 0 aliphatic carbocycles. The molecule has 1 heterocycles.